The van der Waals surface area contributed by atoms with E-state index in [4.69, 9.17) is 10.00 Å². The molecule has 0 radical (unpaired) electrons. The maximum absolute atomic E-state index is 13.5. The van der Waals surface area contributed by atoms with Gasteiger partial charge in [-0.25, -0.2) is 0 Å². The zero-order chi connectivity index (χ0) is 23.8. The number of amides is 1. The molecule has 2 aliphatic rings. The molecule has 33 heavy (non-hydrogen) atoms. The van der Waals surface area contributed by atoms with E-state index >= 15 is 0 Å². The van der Waals surface area contributed by atoms with Crippen molar-refractivity contribution in [2.24, 2.45) is 11.3 Å². The lowest BCUT2D eigenvalue weighted by Gasteiger charge is -2.43. The van der Waals surface area contributed by atoms with Gasteiger partial charge in [-0.1, -0.05) is 0 Å². The molecule has 0 bridgehead atoms. The van der Waals surface area contributed by atoms with Crippen LogP contribution in [-0.2, 0) is 10.9 Å². The average molecular weight is 478 g/mol. The lowest BCUT2D eigenvalue weighted by molar-refractivity contribution is -0.137. The topological polar surface area (TPSA) is 56.6 Å². The van der Waals surface area contributed by atoms with Gasteiger partial charge in [0.25, 0.3) is 5.91 Å². The van der Waals surface area contributed by atoms with Crippen molar-refractivity contribution in [3.05, 3.63) is 51.2 Å². The van der Waals surface area contributed by atoms with Crippen molar-refractivity contribution in [3.63, 3.8) is 0 Å². The normalized spacial score (nSPS) is 22.8. The monoisotopic (exact) mass is 477 g/mol. The summed E-state index contributed by atoms with van der Waals surface area (Å²) in [6.07, 6.45) is -3.87. The molecule has 1 amide bonds. The van der Waals surface area contributed by atoms with E-state index in [0.717, 1.165) is 17.4 Å². The number of rotatable bonds is 5. The van der Waals surface area contributed by atoms with Gasteiger partial charge in [-0.3, -0.25) is 4.79 Å². The SMILES string of the molecule is CCOC[C@@]12CCN(C(=O)c3ccc(C)s3)C[C@@H]1CN(c1ccc(C#N)c(C(F)(F)F)c1)C2. The number of thiophene rings is 1. The second-order valence-electron chi connectivity index (χ2n) is 8.83. The van der Waals surface area contributed by atoms with Crippen LogP contribution in [0.3, 0.4) is 0 Å². The second-order valence-corrected chi connectivity index (χ2v) is 10.1. The fourth-order valence-electron chi connectivity index (χ4n) is 4.97. The van der Waals surface area contributed by atoms with Crippen LogP contribution in [0.1, 0.15) is 39.0 Å². The number of nitriles is 1. The molecule has 2 saturated heterocycles. The molecule has 1 aromatic carbocycles. The number of anilines is 1. The number of ether oxygens (including phenoxy) is 1. The number of benzene rings is 1. The number of likely N-dealkylation sites (tertiary alicyclic amines) is 1. The largest absolute Gasteiger partial charge is 0.417 e. The zero-order valence-electron chi connectivity index (χ0n) is 18.6. The summed E-state index contributed by atoms with van der Waals surface area (Å²) in [6.45, 7) is 7.17. The predicted octanol–water partition coefficient (Wildman–Crippen LogP) is 4.95. The third kappa shape index (κ3) is 4.59. The molecule has 4 rings (SSSR count). The molecule has 2 aliphatic heterocycles. The second kappa shape index (κ2) is 8.99. The van der Waals surface area contributed by atoms with E-state index in [2.05, 4.69) is 0 Å². The molecule has 0 N–H and O–H groups in total. The van der Waals surface area contributed by atoms with E-state index in [0.29, 0.717) is 50.0 Å². The van der Waals surface area contributed by atoms with Gasteiger partial charge in [0, 0.05) is 54.7 Å². The minimum absolute atomic E-state index is 0.00860. The molecule has 0 spiro atoms. The summed E-state index contributed by atoms with van der Waals surface area (Å²) in [6, 6.07) is 9.31. The average Bonchev–Trinajstić information content (AvgIpc) is 3.39. The Morgan fingerprint density at radius 3 is 2.73 bits per heavy atom. The fraction of sp³-hybridized carbons (Fsp3) is 0.500. The zero-order valence-corrected chi connectivity index (χ0v) is 19.4. The van der Waals surface area contributed by atoms with Gasteiger partial charge in [-0.05, 0) is 50.6 Å². The third-order valence-electron chi connectivity index (χ3n) is 6.76. The van der Waals surface area contributed by atoms with Crippen molar-refractivity contribution < 1.29 is 22.7 Å². The fourth-order valence-corrected chi connectivity index (χ4v) is 5.81. The first-order chi connectivity index (χ1) is 15.7. The van der Waals surface area contributed by atoms with Crippen LogP contribution in [0, 0.1) is 29.6 Å². The first-order valence-corrected chi connectivity index (χ1v) is 11.8. The third-order valence-corrected chi connectivity index (χ3v) is 7.75. The van der Waals surface area contributed by atoms with Crippen LogP contribution in [0.25, 0.3) is 0 Å². The molecule has 2 atom stereocenters. The Kier molecular flexibility index (Phi) is 6.43. The van der Waals surface area contributed by atoms with Crippen molar-refractivity contribution in [1.82, 2.24) is 4.90 Å². The maximum atomic E-state index is 13.5. The van der Waals surface area contributed by atoms with Gasteiger partial charge in [0.2, 0.25) is 0 Å². The Morgan fingerprint density at radius 2 is 2.09 bits per heavy atom. The van der Waals surface area contributed by atoms with Gasteiger partial charge < -0.3 is 14.5 Å². The van der Waals surface area contributed by atoms with E-state index in [9.17, 15) is 18.0 Å². The summed E-state index contributed by atoms with van der Waals surface area (Å²) < 4.78 is 46.3. The van der Waals surface area contributed by atoms with Gasteiger partial charge in [0.1, 0.15) is 0 Å². The quantitative estimate of drug-likeness (QED) is 0.611. The smallest absolute Gasteiger partial charge is 0.381 e. The van der Waals surface area contributed by atoms with E-state index in [1.165, 1.54) is 17.4 Å². The molecule has 2 aromatic rings. The van der Waals surface area contributed by atoms with Crippen molar-refractivity contribution in [3.8, 4) is 6.07 Å². The Labute approximate surface area is 195 Å². The van der Waals surface area contributed by atoms with Gasteiger partial charge in [0.05, 0.1) is 28.7 Å². The first kappa shape index (κ1) is 23.6. The minimum Gasteiger partial charge on any atom is -0.381 e. The van der Waals surface area contributed by atoms with Gasteiger partial charge in [-0.2, -0.15) is 18.4 Å². The number of nitrogens with zero attached hydrogens (tertiary/aromatic N) is 3. The highest BCUT2D eigenvalue weighted by atomic mass is 32.1. The van der Waals surface area contributed by atoms with Crippen LogP contribution in [-0.4, -0.2) is 50.2 Å². The molecule has 2 fully saturated rings. The molecule has 9 heteroatoms. The van der Waals surface area contributed by atoms with Crippen molar-refractivity contribution >= 4 is 22.9 Å². The van der Waals surface area contributed by atoms with Crippen molar-refractivity contribution in [2.45, 2.75) is 26.4 Å². The maximum Gasteiger partial charge on any atom is 0.417 e. The number of carbonyl (C=O) groups excluding carboxylic acids is 1. The molecule has 0 aliphatic carbocycles. The van der Waals surface area contributed by atoms with Crippen LogP contribution < -0.4 is 4.90 Å². The number of halogens is 3. The predicted molar refractivity (Wildman–Crippen MR) is 120 cm³/mol. The lowest BCUT2D eigenvalue weighted by atomic mass is 9.73. The van der Waals surface area contributed by atoms with Crippen LogP contribution in [0.2, 0.25) is 0 Å². The summed E-state index contributed by atoms with van der Waals surface area (Å²) in [4.78, 5) is 18.6. The van der Waals surface area contributed by atoms with Crippen molar-refractivity contribution in [2.75, 3.05) is 44.3 Å². The first-order valence-electron chi connectivity index (χ1n) is 11.0. The number of fused-ring (bicyclic) bond motifs is 1. The lowest BCUT2D eigenvalue weighted by Crippen LogP contribution is -2.50. The van der Waals surface area contributed by atoms with Gasteiger partial charge >= 0.3 is 6.18 Å². The minimum atomic E-state index is -4.60. The molecular formula is C24H26F3N3O2S. The molecule has 3 heterocycles. The Bertz CT molecular complexity index is 1080. The number of alkyl halides is 3. The van der Waals surface area contributed by atoms with E-state index in [-0.39, 0.29) is 22.8 Å². The highest BCUT2D eigenvalue weighted by Gasteiger charge is 2.50. The summed E-state index contributed by atoms with van der Waals surface area (Å²) >= 11 is 1.47. The number of carbonyl (C=O) groups is 1. The van der Waals surface area contributed by atoms with Crippen LogP contribution >= 0.6 is 11.3 Å². The molecule has 5 nitrogen and oxygen atoms in total. The van der Waals surface area contributed by atoms with Crippen LogP contribution in [0.15, 0.2) is 30.3 Å². The van der Waals surface area contributed by atoms with E-state index < -0.39 is 11.7 Å². The molecule has 0 unspecified atom stereocenters. The van der Waals surface area contributed by atoms with Crippen molar-refractivity contribution in [1.29, 1.82) is 5.26 Å². The molecular weight excluding hydrogens is 451 g/mol. The Balaban J connectivity index is 1.60. The molecule has 176 valence electrons. The summed E-state index contributed by atoms with van der Waals surface area (Å²) in [7, 11) is 0. The van der Waals surface area contributed by atoms with Crippen LogP contribution in [0.5, 0.6) is 0 Å². The highest BCUT2D eigenvalue weighted by molar-refractivity contribution is 7.13. The van der Waals surface area contributed by atoms with Crippen LogP contribution in [0.4, 0.5) is 18.9 Å². The highest BCUT2D eigenvalue weighted by Crippen LogP contribution is 2.46. The number of aryl methyl sites for hydroxylation is 1. The Morgan fingerprint density at radius 1 is 1.30 bits per heavy atom. The summed E-state index contributed by atoms with van der Waals surface area (Å²) in [5.41, 5.74) is -1.08. The number of piperidine rings is 1. The number of hydrogen-bond acceptors (Lipinski definition) is 5. The summed E-state index contributed by atoms with van der Waals surface area (Å²) in [5.74, 6) is 0.0853. The standard InChI is InChI=1S/C24H26F3N3O2S/c1-3-32-15-23-8-9-29(22(31)21-7-4-16(2)33-21)12-18(23)13-30(14-23)19-6-5-17(11-28)20(10-19)24(25,26)27/h4-7,10,18H,3,8-9,12-15H2,1-2H3/t18-,23+/m1/s1. The Hall–Kier alpha value is -2.57. The number of hydrogen-bond donors (Lipinski definition) is 0. The molecule has 1 aromatic heterocycles. The summed E-state index contributed by atoms with van der Waals surface area (Å²) in [5, 5.41) is 9.10. The van der Waals surface area contributed by atoms with Gasteiger partial charge in [0.15, 0.2) is 0 Å². The molecule has 0 saturated carbocycles. The van der Waals surface area contributed by atoms with E-state index in [1.54, 1.807) is 12.1 Å². The van der Waals surface area contributed by atoms with Gasteiger partial charge in [-0.15, -0.1) is 11.3 Å². The van der Waals surface area contributed by atoms with E-state index in [1.807, 2.05) is 35.8 Å².